The van der Waals surface area contributed by atoms with Crippen molar-refractivity contribution in [1.82, 2.24) is 25.5 Å². The van der Waals surface area contributed by atoms with Crippen molar-refractivity contribution in [1.29, 1.82) is 0 Å². The number of benzene rings is 1. The number of carbonyl (C=O) groups excluding carboxylic acids is 1. The summed E-state index contributed by atoms with van der Waals surface area (Å²) >= 11 is 5.84. The molecule has 0 saturated carbocycles. The summed E-state index contributed by atoms with van der Waals surface area (Å²) < 4.78 is 5.11. The number of ether oxygens (including phenoxy) is 1. The number of aromatic nitrogens is 4. The molecule has 0 bridgehead atoms. The van der Waals surface area contributed by atoms with E-state index in [2.05, 4.69) is 25.5 Å². The summed E-state index contributed by atoms with van der Waals surface area (Å²) in [5.41, 5.74) is 1.10. The molecule has 7 nitrogen and oxygen atoms in total. The van der Waals surface area contributed by atoms with E-state index in [0.717, 1.165) is 11.3 Å². The highest BCUT2D eigenvalue weighted by molar-refractivity contribution is 6.30. The number of nitrogens with one attached hydrogen (secondary N) is 2. The van der Waals surface area contributed by atoms with Crippen molar-refractivity contribution in [2.24, 2.45) is 0 Å². The van der Waals surface area contributed by atoms with Crippen LogP contribution in [0.15, 0.2) is 42.6 Å². The predicted molar refractivity (Wildman–Crippen MR) is 88.8 cm³/mol. The molecule has 0 radical (unpaired) electrons. The summed E-state index contributed by atoms with van der Waals surface area (Å²) in [4.78, 5) is 20.3. The Morgan fingerprint density at radius 3 is 2.79 bits per heavy atom. The van der Waals surface area contributed by atoms with Crippen LogP contribution in [0.2, 0.25) is 5.02 Å². The van der Waals surface area contributed by atoms with Crippen LogP contribution in [0.4, 0.5) is 0 Å². The van der Waals surface area contributed by atoms with Gasteiger partial charge in [0, 0.05) is 16.8 Å². The summed E-state index contributed by atoms with van der Waals surface area (Å²) in [5, 5.41) is 10.1. The van der Waals surface area contributed by atoms with Gasteiger partial charge in [-0.15, -0.1) is 0 Å². The van der Waals surface area contributed by atoms with Gasteiger partial charge in [-0.1, -0.05) is 11.6 Å². The SMILES string of the molecule is COc1ccc(-c2n[nH]c(CNC(=O)c3cc(Cl)ccn3)n2)cc1. The Morgan fingerprint density at radius 2 is 2.08 bits per heavy atom. The number of hydrogen-bond donors (Lipinski definition) is 2. The quantitative estimate of drug-likeness (QED) is 0.742. The van der Waals surface area contributed by atoms with Gasteiger partial charge in [-0.05, 0) is 36.4 Å². The van der Waals surface area contributed by atoms with Crippen molar-refractivity contribution in [3.8, 4) is 17.1 Å². The topological polar surface area (TPSA) is 92.8 Å². The summed E-state index contributed by atoms with van der Waals surface area (Å²) in [7, 11) is 1.61. The zero-order valence-electron chi connectivity index (χ0n) is 12.8. The third-order valence-electron chi connectivity index (χ3n) is 3.25. The second-order valence-corrected chi connectivity index (χ2v) is 5.31. The number of rotatable bonds is 5. The molecule has 2 heterocycles. The highest BCUT2D eigenvalue weighted by Crippen LogP contribution is 2.18. The fourth-order valence-corrected chi connectivity index (χ4v) is 2.19. The van der Waals surface area contributed by atoms with E-state index in [1.165, 1.54) is 12.3 Å². The Balaban J connectivity index is 1.64. The van der Waals surface area contributed by atoms with Gasteiger partial charge in [-0.2, -0.15) is 5.10 Å². The van der Waals surface area contributed by atoms with Gasteiger partial charge in [0.2, 0.25) is 0 Å². The first kappa shape index (κ1) is 15.9. The van der Waals surface area contributed by atoms with E-state index in [4.69, 9.17) is 16.3 Å². The maximum absolute atomic E-state index is 12.0. The van der Waals surface area contributed by atoms with Crippen molar-refractivity contribution in [3.63, 3.8) is 0 Å². The molecule has 0 saturated heterocycles. The molecule has 0 fully saturated rings. The van der Waals surface area contributed by atoms with E-state index >= 15 is 0 Å². The zero-order valence-corrected chi connectivity index (χ0v) is 13.5. The fraction of sp³-hybridized carbons (Fsp3) is 0.125. The Kier molecular flexibility index (Phi) is 4.72. The monoisotopic (exact) mass is 343 g/mol. The number of methoxy groups -OCH3 is 1. The van der Waals surface area contributed by atoms with Crippen molar-refractivity contribution in [2.75, 3.05) is 7.11 Å². The fourth-order valence-electron chi connectivity index (χ4n) is 2.03. The number of pyridine rings is 1. The molecule has 1 aromatic carbocycles. The number of halogens is 1. The van der Waals surface area contributed by atoms with Gasteiger partial charge >= 0.3 is 0 Å². The van der Waals surface area contributed by atoms with Crippen molar-refractivity contribution in [3.05, 3.63) is 59.1 Å². The van der Waals surface area contributed by atoms with Gasteiger partial charge in [0.15, 0.2) is 5.82 Å². The van der Waals surface area contributed by atoms with Crippen LogP contribution in [0.3, 0.4) is 0 Å². The maximum Gasteiger partial charge on any atom is 0.270 e. The Labute approximate surface area is 143 Å². The molecule has 0 aliphatic carbocycles. The third-order valence-corrected chi connectivity index (χ3v) is 3.49. The van der Waals surface area contributed by atoms with Crippen LogP contribution < -0.4 is 10.1 Å². The molecule has 3 aromatic rings. The minimum atomic E-state index is -0.333. The molecular formula is C16H14ClN5O2. The average molecular weight is 344 g/mol. The van der Waals surface area contributed by atoms with E-state index in [0.29, 0.717) is 16.7 Å². The lowest BCUT2D eigenvalue weighted by Crippen LogP contribution is -2.24. The number of H-pyrrole nitrogens is 1. The number of amides is 1. The molecule has 0 aliphatic heterocycles. The largest absolute Gasteiger partial charge is 0.497 e. The van der Waals surface area contributed by atoms with Crippen LogP contribution in [0.1, 0.15) is 16.3 Å². The van der Waals surface area contributed by atoms with Crippen LogP contribution in [0.25, 0.3) is 11.4 Å². The first-order valence-corrected chi connectivity index (χ1v) is 7.49. The minimum Gasteiger partial charge on any atom is -0.497 e. The normalized spacial score (nSPS) is 10.4. The second kappa shape index (κ2) is 7.10. The summed E-state index contributed by atoms with van der Waals surface area (Å²) in [6.45, 7) is 0.205. The number of carbonyl (C=O) groups is 1. The highest BCUT2D eigenvalue weighted by Gasteiger charge is 2.10. The highest BCUT2D eigenvalue weighted by atomic mass is 35.5. The maximum atomic E-state index is 12.0. The van der Waals surface area contributed by atoms with Crippen LogP contribution in [-0.4, -0.2) is 33.2 Å². The van der Waals surface area contributed by atoms with E-state index < -0.39 is 0 Å². The third kappa shape index (κ3) is 3.69. The molecule has 0 spiro atoms. The average Bonchev–Trinajstić information content (AvgIpc) is 3.09. The number of hydrogen-bond acceptors (Lipinski definition) is 5. The molecule has 8 heteroatoms. The molecule has 2 N–H and O–H groups in total. The van der Waals surface area contributed by atoms with Gasteiger partial charge in [0.1, 0.15) is 17.3 Å². The van der Waals surface area contributed by atoms with Gasteiger partial charge in [-0.3, -0.25) is 14.9 Å². The van der Waals surface area contributed by atoms with E-state index in [9.17, 15) is 4.79 Å². The van der Waals surface area contributed by atoms with E-state index in [-0.39, 0.29) is 18.1 Å². The Morgan fingerprint density at radius 1 is 1.29 bits per heavy atom. The van der Waals surface area contributed by atoms with Crippen molar-refractivity contribution >= 4 is 17.5 Å². The van der Waals surface area contributed by atoms with Crippen LogP contribution >= 0.6 is 11.6 Å². The Bertz CT molecular complexity index is 848. The molecule has 0 atom stereocenters. The van der Waals surface area contributed by atoms with Crippen molar-refractivity contribution < 1.29 is 9.53 Å². The molecular weight excluding hydrogens is 330 g/mol. The van der Waals surface area contributed by atoms with Gasteiger partial charge < -0.3 is 10.1 Å². The van der Waals surface area contributed by atoms with Gasteiger partial charge in [0.25, 0.3) is 5.91 Å². The Hall–Kier alpha value is -2.93. The number of aromatic amines is 1. The molecule has 0 unspecified atom stereocenters. The van der Waals surface area contributed by atoms with Gasteiger partial charge in [-0.25, -0.2) is 4.98 Å². The summed E-state index contributed by atoms with van der Waals surface area (Å²) in [6.07, 6.45) is 1.48. The first-order valence-electron chi connectivity index (χ1n) is 7.11. The van der Waals surface area contributed by atoms with Crippen LogP contribution in [-0.2, 0) is 6.54 Å². The summed E-state index contributed by atoms with van der Waals surface area (Å²) in [6, 6.07) is 10.5. The molecule has 24 heavy (non-hydrogen) atoms. The molecule has 0 aliphatic rings. The predicted octanol–water partition coefficient (Wildman–Crippen LogP) is 2.46. The molecule has 2 aromatic heterocycles. The molecule has 122 valence electrons. The zero-order chi connectivity index (χ0) is 16.9. The van der Waals surface area contributed by atoms with Gasteiger partial charge in [0.05, 0.1) is 13.7 Å². The lowest BCUT2D eigenvalue weighted by molar-refractivity contribution is 0.0945. The van der Waals surface area contributed by atoms with E-state index in [1.54, 1.807) is 13.2 Å². The minimum absolute atomic E-state index is 0.205. The van der Waals surface area contributed by atoms with Crippen LogP contribution in [0.5, 0.6) is 5.75 Å². The standard InChI is InChI=1S/C16H14ClN5O2/c1-24-12-4-2-10(3-5-12)15-20-14(21-22-15)9-19-16(23)13-8-11(17)6-7-18-13/h2-8H,9H2,1H3,(H,19,23)(H,20,21,22). The lowest BCUT2D eigenvalue weighted by Gasteiger charge is -2.02. The van der Waals surface area contributed by atoms with E-state index in [1.807, 2.05) is 24.3 Å². The first-order chi connectivity index (χ1) is 11.7. The second-order valence-electron chi connectivity index (χ2n) is 4.88. The van der Waals surface area contributed by atoms with Crippen LogP contribution in [0, 0.1) is 0 Å². The molecule has 3 rings (SSSR count). The lowest BCUT2D eigenvalue weighted by atomic mass is 10.2. The smallest absolute Gasteiger partial charge is 0.270 e. The molecule has 1 amide bonds. The van der Waals surface area contributed by atoms with Crippen molar-refractivity contribution in [2.45, 2.75) is 6.54 Å². The number of nitrogens with zero attached hydrogens (tertiary/aromatic N) is 3. The summed E-state index contributed by atoms with van der Waals surface area (Å²) in [5.74, 6) is 1.51.